The van der Waals surface area contributed by atoms with Crippen LogP contribution < -0.4 is 5.32 Å². The van der Waals surface area contributed by atoms with E-state index in [0.29, 0.717) is 11.6 Å². The summed E-state index contributed by atoms with van der Waals surface area (Å²) in [5.74, 6) is 0.140. The highest BCUT2D eigenvalue weighted by Crippen LogP contribution is 2.17. The van der Waals surface area contributed by atoms with Gasteiger partial charge in [-0.1, -0.05) is 36.7 Å². The lowest BCUT2D eigenvalue weighted by Crippen LogP contribution is -2.20. The van der Waals surface area contributed by atoms with E-state index in [-0.39, 0.29) is 17.6 Å². The number of carbonyl (C=O) groups is 2. The Morgan fingerprint density at radius 2 is 2.20 bits per heavy atom. The molecule has 1 rings (SSSR count). The SMILES string of the molecule is CCCCOC(=O)OC(=O)Nc1cc(Cl)nc(SC)n1. The number of hydrogen-bond donors (Lipinski definition) is 1. The van der Waals surface area contributed by atoms with E-state index < -0.39 is 12.2 Å². The van der Waals surface area contributed by atoms with Gasteiger partial charge in [-0.15, -0.1) is 0 Å². The fraction of sp³-hybridized carbons (Fsp3) is 0.455. The number of amides is 1. The fourth-order valence-electron chi connectivity index (χ4n) is 1.09. The second kappa shape index (κ2) is 8.60. The first-order valence-corrected chi connectivity index (χ1v) is 7.39. The van der Waals surface area contributed by atoms with E-state index >= 15 is 0 Å². The van der Waals surface area contributed by atoms with E-state index in [4.69, 9.17) is 11.6 Å². The molecule has 9 heteroatoms. The number of aromatic nitrogens is 2. The van der Waals surface area contributed by atoms with Crippen molar-refractivity contribution in [2.45, 2.75) is 24.9 Å². The molecule has 0 aliphatic heterocycles. The highest BCUT2D eigenvalue weighted by molar-refractivity contribution is 7.98. The predicted molar refractivity (Wildman–Crippen MR) is 75.2 cm³/mol. The van der Waals surface area contributed by atoms with Crippen LogP contribution in [0.1, 0.15) is 19.8 Å². The standard InChI is InChI=1S/C11H14ClN3O4S/c1-3-4-5-18-11(17)19-10(16)15-8-6-7(12)13-9(14-8)20-2/h6H,3-5H2,1-2H3,(H,13,14,15,16). The van der Waals surface area contributed by atoms with Crippen molar-refractivity contribution in [3.05, 3.63) is 11.2 Å². The summed E-state index contributed by atoms with van der Waals surface area (Å²) in [5, 5.41) is 2.83. The molecule has 0 radical (unpaired) electrons. The van der Waals surface area contributed by atoms with Gasteiger partial charge in [-0.2, -0.15) is 0 Å². The monoisotopic (exact) mass is 319 g/mol. The third-order valence-corrected chi connectivity index (χ3v) is 2.72. The van der Waals surface area contributed by atoms with Crippen molar-refractivity contribution in [2.24, 2.45) is 0 Å². The van der Waals surface area contributed by atoms with E-state index in [2.05, 4.69) is 24.8 Å². The summed E-state index contributed by atoms with van der Waals surface area (Å²) in [4.78, 5) is 30.4. The lowest BCUT2D eigenvalue weighted by atomic mass is 10.4. The maximum Gasteiger partial charge on any atom is 0.517 e. The zero-order valence-electron chi connectivity index (χ0n) is 11.0. The molecule has 1 aromatic rings. The van der Waals surface area contributed by atoms with Crippen LogP contribution in [0.5, 0.6) is 0 Å². The minimum Gasteiger partial charge on any atom is -0.434 e. The van der Waals surface area contributed by atoms with Crippen LogP contribution >= 0.6 is 23.4 Å². The minimum absolute atomic E-state index is 0.140. The molecule has 0 atom stereocenters. The van der Waals surface area contributed by atoms with Gasteiger partial charge < -0.3 is 9.47 Å². The first kappa shape index (κ1) is 16.5. The molecule has 0 aromatic carbocycles. The third kappa shape index (κ3) is 6.07. The number of ether oxygens (including phenoxy) is 2. The van der Waals surface area contributed by atoms with Crippen molar-refractivity contribution in [2.75, 3.05) is 18.2 Å². The van der Waals surface area contributed by atoms with Gasteiger partial charge >= 0.3 is 12.2 Å². The van der Waals surface area contributed by atoms with E-state index in [1.165, 1.54) is 17.8 Å². The summed E-state index contributed by atoms with van der Waals surface area (Å²) >= 11 is 7.02. The van der Waals surface area contributed by atoms with Crippen LogP contribution in [0.4, 0.5) is 15.4 Å². The number of halogens is 1. The molecule has 1 amide bonds. The van der Waals surface area contributed by atoms with Gasteiger partial charge in [0.1, 0.15) is 11.0 Å². The smallest absolute Gasteiger partial charge is 0.434 e. The Labute approximate surface area is 125 Å². The van der Waals surface area contributed by atoms with E-state index in [9.17, 15) is 9.59 Å². The molecule has 0 unspecified atom stereocenters. The molecule has 20 heavy (non-hydrogen) atoms. The first-order chi connectivity index (χ1) is 9.55. The summed E-state index contributed by atoms with van der Waals surface area (Å²) in [6.07, 6.45) is 1.29. The Morgan fingerprint density at radius 3 is 2.85 bits per heavy atom. The molecule has 0 saturated carbocycles. The Morgan fingerprint density at radius 1 is 1.45 bits per heavy atom. The largest absolute Gasteiger partial charge is 0.517 e. The van der Waals surface area contributed by atoms with Crippen molar-refractivity contribution >= 4 is 41.4 Å². The van der Waals surface area contributed by atoms with Crippen molar-refractivity contribution < 1.29 is 19.1 Å². The summed E-state index contributed by atoms with van der Waals surface area (Å²) in [5.41, 5.74) is 0. The predicted octanol–water partition coefficient (Wildman–Crippen LogP) is 3.34. The summed E-state index contributed by atoms with van der Waals surface area (Å²) in [7, 11) is 0. The highest BCUT2D eigenvalue weighted by Gasteiger charge is 2.13. The second-order valence-electron chi connectivity index (χ2n) is 3.53. The zero-order valence-corrected chi connectivity index (χ0v) is 12.6. The highest BCUT2D eigenvalue weighted by atomic mass is 35.5. The summed E-state index contributed by atoms with van der Waals surface area (Å²) in [6.45, 7) is 2.15. The lowest BCUT2D eigenvalue weighted by Gasteiger charge is -2.06. The number of nitrogens with one attached hydrogen (secondary N) is 1. The van der Waals surface area contributed by atoms with Gasteiger partial charge in [0.05, 0.1) is 6.61 Å². The molecule has 110 valence electrons. The molecule has 0 bridgehead atoms. The van der Waals surface area contributed by atoms with Crippen LogP contribution in [0, 0.1) is 0 Å². The van der Waals surface area contributed by atoms with Crippen LogP contribution in [0.3, 0.4) is 0 Å². The molecule has 0 spiro atoms. The molecule has 1 heterocycles. The zero-order chi connectivity index (χ0) is 15.0. The van der Waals surface area contributed by atoms with E-state index in [0.717, 1.165) is 6.42 Å². The average Bonchev–Trinajstić information content (AvgIpc) is 2.37. The molecular weight excluding hydrogens is 306 g/mol. The first-order valence-electron chi connectivity index (χ1n) is 5.79. The maximum absolute atomic E-state index is 11.4. The van der Waals surface area contributed by atoms with Gasteiger partial charge in [-0.05, 0) is 12.7 Å². The number of nitrogens with zero attached hydrogens (tertiary/aromatic N) is 2. The normalized spacial score (nSPS) is 9.95. The summed E-state index contributed by atoms with van der Waals surface area (Å²) in [6, 6.07) is 1.34. The maximum atomic E-state index is 11.4. The van der Waals surface area contributed by atoms with E-state index in [1.807, 2.05) is 6.92 Å². The lowest BCUT2D eigenvalue weighted by molar-refractivity contribution is 0.0786. The van der Waals surface area contributed by atoms with Crippen molar-refractivity contribution in [3.63, 3.8) is 0 Å². The second-order valence-corrected chi connectivity index (χ2v) is 4.69. The average molecular weight is 320 g/mol. The van der Waals surface area contributed by atoms with Crippen LogP contribution in [0.25, 0.3) is 0 Å². The Kier molecular flexibility index (Phi) is 7.10. The van der Waals surface area contributed by atoms with Crippen LogP contribution in [-0.2, 0) is 9.47 Å². The number of thioether (sulfide) groups is 1. The number of rotatable bonds is 5. The van der Waals surface area contributed by atoms with Gasteiger partial charge in [0.25, 0.3) is 0 Å². The molecule has 0 fully saturated rings. The fourth-order valence-corrected chi connectivity index (χ4v) is 1.70. The Bertz CT molecular complexity index is 487. The summed E-state index contributed by atoms with van der Waals surface area (Å²) < 4.78 is 9.07. The molecule has 0 aliphatic rings. The number of hydrogen-bond acceptors (Lipinski definition) is 7. The topological polar surface area (TPSA) is 90.4 Å². The molecule has 7 nitrogen and oxygen atoms in total. The van der Waals surface area contributed by atoms with Crippen LogP contribution in [0.2, 0.25) is 5.15 Å². The molecule has 0 saturated heterocycles. The quantitative estimate of drug-likeness (QED) is 0.222. The van der Waals surface area contributed by atoms with Crippen LogP contribution in [0.15, 0.2) is 11.2 Å². The third-order valence-electron chi connectivity index (χ3n) is 1.98. The van der Waals surface area contributed by atoms with Crippen molar-refractivity contribution in [1.29, 1.82) is 0 Å². The molecule has 1 aromatic heterocycles. The van der Waals surface area contributed by atoms with Gasteiger partial charge in [0, 0.05) is 6.07 Å². The molecular formula is C11H14ClN3O4S. The minimum atomic E-state index is -1.05. The van der Waals surface area contributed by atoms with Gasteiger partial charge in [-0.3, -0.25) is 5.32 Å². The number of anilines is 1. The Hall–Kier alpha value is -1.54. The van der Waals surface area contributed by atoms with Gasteiger partial charge in [0.15, 0.2) is 5.16 Å². The van der Waals surface area contributed by atoms with Crippen LogP contribution in [-0.4, -0.2) is 35.1 Å². The van der Waals surface area contributed by atoms with Crippen molar-refractivity contribution in [3.8, 4) is 0 Å². The number of carbonyl (C=O) groups excluding carboxylic acids is 2. The van der Waals surface area contributed by atoms with Gasteiger partial charge in [0.2, 0.25) is 0 Å². The molecule has 0 aliphatic carbocycles. The number of unbranched alkanes of at least 4 members (excludes halogenated alkanes) is 1. The Balaban J connectivity index is 2.49. The van der Waals surface area contributed by atoms with Crippen molar-refractivity contribution in [1.82, 2.24) is 9.97 Å². The van der Waals surface area contributed by atoms with Gasteiger partial charge in [-0.25, -0.2) is 19.6 Å². The molecule has 1 N–H and O–H groups in total. The van der Waals surface area contributed by atoms with E-state index in [1.54, 1.807) is 6.26 Å².